The molecule has 0 aromatic heterocycles. The van der Waals surface area contributed by atoms with Crippen molar-refractivity contribution in [2.75, 3.05) is 0 Å². The number of hydrogen-bond acceptors (Lipinski definition) is 0. The first-order chi connectivity index (χ1) is 12.9. The summed E-state index contributed by atoms with van der Waals surface area (Å²) in [5, 5.41) is 0. The van der Waals surface area contributed by atoms with Crippen LogP contribution in [0, 0.1) is 17.9 Å². The molecule has 1 rings (SSSR count). The highest BCUT2D eigenvalue weighted by molar-refractivity contribution is 5.33. The zero-order chi connectivity index (χ0) is 18.5. The number of unbranched alkanes of at least 4 members (excludes halogenated alkanes) is 16. The molecule has 0 amide bonds. The highest BCUT2D eigenvalue weighted by Gasteiger charge is 1.94. The van der Waals surface area contributed by atoms with Gasteiger partial charge in [0.15, 0.2) is 0 Å². The van der Waals surface area contributed by atoms with Crippen LogP contribution >= 0.6 is 0 Å². The molecule has 0 heterocycles. The van der Waals surface area contributed by atoms with Crippen LogP contribution in [0.25, 0.3) is 0 Å². The van der Waals surface area contributed by atoms with E-state index >= 15 is 0 Å². The Labute approximate surface area is 164 Å². The maximum Gasteiger partial charge on any atom is 0.0245 e. The van der Waals surface area contributed by atoms with E-state index in [-0.39, 0.29) is 0 Å². The first-order valence-corrected chi connectivity index (χ1v) is 11.4. The Bertz CT molecular complexity index is 448. The van der Waals surface area contributed by atoms with E-state index in [1.807, 2.05) is 24.3 Å². The van der Waals surface area contributed by atoms with E-state index in [9.17, 15) is 0 Å². The van der Waals surface area contributed by atoms with E-state index in [2.05, 4.69) is 24.8 Å². The summed E-state index contributed by atoms with van der Waals surface area (Å²) in [5.41, 5.74) is 1.11. The minimum Gasteiger partial charge on any atom is -0.0979 e. The van der Waals surface area contributed by atoms with Crippen LogP contribution in [0.3, 0.4) is 0 Å². The van der Waals surface area contributed by atoms with Crippen molar-refractivity contribution in [2.24, 2.45) is 0 Å². The summed E-state index contributed by atoms with van der Waals surface area (Å²) in [6, 6.07) is 10.9. The third-order valence-corrected chi connectivity index (χ3v) is 5.11. The van der Waals surface area contributed by atoms with Gasteiger partial charge in [0, 0.05) is 12.0 Å². The van der Waals surface area contributed by atoms with Gasteiger partial charge in [0.2, 0.25) is 0 Å². The number of hydrogen-bond donors (Lipinski definition) is 0. The maximum atomic E-state index is 3.29. The van der Waals surface area contributed by atoms with Gasteiger partial charge in [0.25, 0.3) is 0 Å². The van der Waals surface area contributed by atoms with Crippen LogP contribution in [-0.2, 0) is 0 Å². The second-order valence-electron chi connectivity index (χ2n) is 7.64. The number of benzene rings is 1. The van der Waals surface area contributed by atoms with Crippen molar-refractivity contribution in [3.63, 3.8) is 0 Å². The third-order valence-electron chi connectivity index (χ3n) is 5.11. The molecule has 0 aliphatic heterocycles. The molecule has 0 unspecified atom stereocenters. The highest BCUT2D eigenvalue weighted by atomic mass is 14.0. The summed E-state index contributed by atoms with van der Waals surface area (Å²) >= 11 is 0. The van der Waals surface area contributed by atoms with Gasteiger partial charge in [-0.1, -0.05) is 127 Å². The van der Waals surface area contributed by atoms with Crippen LogP contribution in [-0.4, -0.2) is 0 Å². The van der Waals surface area contributed by atoms with Crippen molar-refractivity contribution >= 4 is 0 Å². The van der Waals surface area contributed by atoms with Gasteiger partial charge in [-0.25, -0.2) is 0 Å². The topological polar surface area (TPSA) is 0 Å². The molecule has 1 aromatic carbocycles. The second kappa shape index (κ2) is 18.6. The van der Waals surface area contributed by atoms with Gasteiger partial charge in [0.1, 0.15) is 0 Å². The van der Waals surface area contributed by atoms with E-state index < -0.39 is 0 Å². The smallest absolute Gasteiger partial charge is 0.0245 e. The summed E-state index contributed by atoms with van der Waals surface area (Å²) in [6.45, 7) is 2.29. The predicted octanol–water partition coefficient (Wildman–Crippen LogP) is 8.49. The van der Waals surface area contributed by atoms with Gasteiger partial charge in [-0.3, -0.25) is 0 Å². The molecule has 0 heteroatoms. The minimum absolute atomic E-state index is 1.04. The van der Waals surface area contributed by atoms with Gasteiger partial charge < -0.3 is 0 Å². The Kier molecular flexibility index (Phi) is 16.3. The maximum absolute atomic E-state index is 3.29. The molecule has 0 nitrogen and oxygen atoms in total. The molecule has 0 aliphatic rings. The van der Waals surface area contributed by atoms with Crippen molar-refractivity contribution in [3.8, 4) is 11.8 Å². The fourth-order valence-corrected chi connectivity index (χ4v) is 3.40. The van der Waals surface area contributed by atoms with E-state index in [4.69, 9.17) is 0 Å². The summed E-state index contributed by atoms with van der Waals surface area (Å²) in [4.78, 5) is 0. The molecule has 0 bridgehead atoms. The summed E-state index contributed by atoms with van der Waals surface area (Å²) in [7, 11) is 0. The quantitative estimate of drug-likeness (QED) is 0.206. The molecule has 0 saturated carbocycles. The van der Waals surface area contributed by atoms with Gasteiger partial charge in [-0.05, 0) is 24.6 Å². The Morgan fingerprint density at radius 1 is 0.615 bits per heavy atom. The molecule has 0 saturated heterocycles. The Balaban J connectivity index is 1.74. The molecule has 0 spiro atoms. The molecule has 0 atom stereocenters. The molecule has 26 heavy (non-hydrogen) atoms. The lowest BCUT2D eigenvalue weighted by Crippen LogP contribution is -1.83. The van der Waals surface area contributed by atoms with Crippen LogP contribution in [0.2, 0.25) is 0 Å². The van der Waals surface area contributed by atoms with Crippen LogP contribution < -0.4 is 0 Å². The molecular weight excluding hydrogens is 312 g/mol. The van der Waals surface area contributed by atoms with Gasteiger partial charge in [0.05, 0.1) is 0 Å². The van der Waals surface area contributed by atoms with Crippen molar-refractivity contribution < 1.29 is 0 Å². The monoisotopic (exact) mass is 353 g/mol. The zero-order valence-electron chi connectivity index (χ0n) is 17.3. The predicted molar refractivity (Wildman–Crippen MR) is 116 cm³/mol. The Morgan fingerprint density at radius 2 is 1.04 bits per heavy atom. The minimum atomic E-state index is 1.04. The van der Waals surface area contributed by atoms with Gasteiger partial charge in [-0.2, -0.15) is 0 Å². The largest absolute Gasteiger partial charge is 0.0979 e. The van der Waals surface area contributed by atoms with Crippen LogP contribution in [0.15, 0.2) is 24.3 Å². The molecule has 1 radical (unpaired) electrons. The molecule has 0 fully saturated rings. The molecule has 145 valence electrons. The van der Waals surface area contributed by atoms with E-state index in [1.54, 1.807) is 0 Å². The van der Waals surface area contributed by atoms with Crippen molar-refractivity contribution in [3.05, 3.63) is 35.9 Å². The fourth-order valence-electron chi connectivity index (χ4n) is 3.40. The van der Waals surface area contributed by atoms with E-state index in [0.717, 1.165) is 12.0 Å². The lowest BCUT2D eigenvalue weighted by atomic mass is 10.0. The molecular formula is C26H41. The lowest BCUT2D eigenvalue weighted by molar-refractivity contribution is 0.530. The zero-order valence-corrected chi connectivity index (χ0v) is 17.3. The highest BCUT2D eigenvalue weighted by Crippen LogP contribution is 2.13. The summed E-state index contributed by atoms with van der Waals surface area (Å²) in [5.74, 6) is 6.51. The van der Waals surface area contributed by atoms with Crippen LogP contribution in [0.1, 0.15) is 122 Å². The first kappa shape index (κ1) is 22.8. The van der Waals surface area contributed by atoms with Crippen LogP contribution in [0.4, 0.5) is 0 Å². The van der Waals surface area contributed by atoms with E-state index in [1.165, 1.54) is 103 Å². The SMILES string of the molecule is CCCCCCCCCCCCCCCCCCC#Cc1cc[c]cc1. The third kappa shape index (κ3) is 15.1. The normalized spacial score (nSPS) is 10.5. The summed E-state index contributed by atoms with van der Waals surface area (Å²) < 4.78 is 0. The van der Waals surface area contributed by atoms with Gasteiger partial charge >= 0.3 is 0 Å². The van der Waals surface area contributed by atoms with E-state index in [0.29, 0.717) is 0 Å². The lowest BCUT2D eigenvalue weighted by Gasteiger charge is -2.03. The van der Waals surface area contributed by atoms with Crippen molar-refractivity contribution in [2.45, 2.75) is 116 Å². The average molecular weight is 354 g/mol. The standard InChI is InChI=1S/C26H41/c1-2-3-4-5-6-7-8-9-10-11-12-13-14-15-16-17-18-20-23-26-24-21-19-22-25-26/h21-22,24-25H,2-18H2,1H3. The first-order valence-electron chi connectivity index (χ1n) is 11.4. The van der Waals surface area contributed by atoms with Crippen molar-refractivity contribution in [1.82, 2.24) is 0 Å². The van der Waals surface area contributed by atoms with Gasteiger partial charge in [-0.15, -0.1) is 0 Å². The van der Waals surface area contributed by atoms with Crippen LogP contribution in [0.5, 0.6) is 0 Å². The number of rotatable bonds is 16. The fraction of sp³-hybridized carbons (Fsp3) is 0.692. The molecule has 0 N–H and O–H groups in total. The second-order valence-corrected chi connectivity index (χ2v) is 7.64. The molecule has 0 aliphatic carbocycles. The molecule has 1 aromatic rings. The van der Waals surface area contributed by atoms with Crippen molar-refractivity contribution in [1.29, 1.82) is 0 Å². The Hall–Kier alpha value is -1.22. The summed E-state index contributed by atoms with van der Waals surface area (Å²) in [6.07, 6.45) is 23.8. The Morgan fingerprint density at radius 3 is 1.50 bits per heavy atom. The average Bonchev–Trinajstić information content (AvgIpc) is 2.68.